The molecule has 1 saturated carbocycles. The van der Waals surface area contributed by atoms with E-state index in [-0.39, 0.29) is 23.7 Å². The van der Waals surface area contributed by atoms with E-state index in [9.17, 15) is 8.78 Å². The lowest BCUT2D eigenvalue weighted by atomic mass is 10.0. The van der Waals surface area contributed by atoms with Crippen molar-refractivity contribution in [1.29, 1.82) is 5.26 Å². The standard InChI is InChI=1S/C21H30F2N4O4/c1-14(11-25-21(27-13-24)26-12-19(28-2)29-3)15-8-9-17(31-20(22)23)18(10-15)30-16-6-4-5-7-16/h8-10,14,16,19-20H,4-7,11-12H2,1-3H3,(H2,25,26,27). The number of methoxy groups -OCH3 is 2. The van der Waals surface area contributed by atoms with Crippen LogP contribution in [0.3, 0.4) is 0 Å². The first-order chi connectivity index (χ1) is 15.0. The van der Waals surface area contributed by atoms with Gasteiger partial charge in [-0.3, -0.25) is 0 Å². The average molecular weight is 440 g/mol. The first-order valence-corrected chi connectivity index (χ1v) is 10.2. The van der Waals surface area contributed by atoms with E-state index in [1.54, 1.807) is 18.3 Å². The van der Waals surface area contributed by atoms with Crippen molar-refractivity contribution in [3.8, 4) is 17.7 Å². The second-order valence-electron chi connectivity index (χ2n) is 7.23. The molecule has 0 bridgehead atoms. The SMILES string of the molecule is COC(CN/C(=N/C#N)NCC(C)c1ccc(OC(F)F)c(OC2CCCC2)c1)OC. The summed E-state index contributed by atoms with van der Waals surface area (Å²) >= 11 is 0. The summed E-state index contributed by atoms with van der Waals surface area (Å²) in [6, 6.07) is 4.97. The van der Waals surface area contributed by atoms with Gasteiger partial charge in [0.2, 0.25) is 12.2 Å². The zero-order chi connectivity index (χ0) is 22.6. The molecule has 1 atom stereocenters. The molecule has 0 spiro atoms. The molecule has 0 aromatic heterocycles. The zero-order valence-corrected chi connectivity index (χ0v) is 18.1. The summed E-state index contributed by atoms with van der Waals surface area (Å²) in [6.07, 6.45) is 5.20. The number of halogens is 2. The van der Waals surface area contributed by atoms with Gasteiger partial charge in [0.15, 0.2) is 17.8 Å². The summed E-state index contributed by atoms with van der Waals surface area (Å²) in [5.74, 6) is 0.611. The lowest BCUT2D eigenvalue weighted by molar-refractivity contribution is -0.0966. The molecular weight excluding hydrogens is 410 g/mol. The van der Waals surface area contributed by atoms with Gasteiger partial charge in [0.25, 0.3) is 0 Å². The molecule has 1 unspecified atom stereocenters. The number of nitriles is 1. The number of rotatable bonds is 11. The Bertz CT molecular complexity index is 747. The van der Waals surface area contributed by atoms with Gasteiger partial charge in [0, 0.05) is 20.8 Å². The molecule has 31 heavy (non-hydrogen) atoms. The van der Waals surface area contributed by atoms with Crippen molar-refractivity contribution in [2.45, 2.75) is 57.5 Å². The van der Waals surface area contributed by atoms with Crippen molar-refractivity contribution in [3.63, 3.8) is 0 Å². The molecule has 0 radical (unpaired) electrons. The maximum Gasteiger partial charge on any atom is 0.387 e. The van der Waals surface area contributed by atoms with Gasteiger partial charge in [-0.15, -0.1) is 4.99 Å². The van der Waals surface area contributed by atoms with Crippen molar-refractivity contribution >= 4 is 5.96 Å². The minimum atomic E-state index is -2.92. The lowest BCUT2D eigenvalue weighted by Crippen LogP contribution is -2.43. The largest absolute Gasteiger partial charge is 0.487 e. The minimum absolute atomic E-state index is 0.0109. The number of hydrogen-bond donors (Lipinski definition) is 2. The van der Waals surface area contributed by atoms with Crippen LogP contribution < -0.4 is 20.1 Å². The van der Waals surface area contributed by atoms with Crippen LogP contribution in [0, 0.1) is 11.5 Å². The number of guanidine groups is 1. The van der Waals surface area contributed by atoms with E-state index in [1.165, 1.54) is 20.3 Å². The van der Waals surface area contributed by atoms with Gasteiger partial charge in [-0.1, -0.05) is 13.0 Å². The summed E-state index contributed by atoms with van der Waals surface area (Å²) in [6.45, 7) is -0.217. The molecule has 1 aliphatic rings. The van der Waals surface area contributed by atoms with E-state index in [2.05, 4.69) is 20.4 Å². The molecule has 1 aliphatic carbocycles. The molecule has 8 nitrogen and oxygen atoms in total. The Labute approximate surface area is 181 Å². The van der Waals surface area contributed by atoms with Crippen LogP contribution in [0.5, 0.6) is 11.5 Å². The predicted molar refractivity (Wildman–Crippen MR) is 111 cm³/mol. The molecule has 0 amide bonds. The summed E-state index contributed by atoms with van der Waals surface area (Å²) in [5.41, 5.74) is 0.880. The first-order valence-electron chi connectivity index (χ1n) is 10.2. The van der Waals surface area contributed by atoms with Crippen molar-refractivity contribution in [1.82, 2.24) is 10.6 Å². The van der Waals surface area contributed by atoms with Crippen LogP contribution in [-0.4, -0.2) is 52.3 Å². The quantitative estimate of drug-likeness (QED) is 0.236. The van der Waals surface area contributed by atoms with E-state index < -0.39 is 12.9 Å². The predicted octanol–water partition coefficient (Wildman–Crippen LogP) is 3.35. The number of aliphatic imine (C=N–C) groups is 1. The van der Waals surface area contributed by atoms with Crippen molar-refractivity contribution in [2.75, 3.05) is 27.3 Å². The molecular formula is C21H30F2N4O4. The summed E-state index contributed by atoms with van der Waals surface area (Å²) < 4.78 is 46.4. The second-order valence-corrected chi connectivity index (χ2v) is 7.23. The van der Waals surface area contributed by atoms with Gasteiger partial charge in [0.05, 0.1) is 12.6 Å². The number of ether oxygens (including phenoxy) is 4. The third-order valence-corrected chi connectivity index (χ3v) is 5.05. The summed E-state index contributed by atoms with van der Waals surface area (Å²) in [5, 5.41) is 14.9. The Kier molecular flexibility index (Phi) is 10.3. The number of alkyl halides is 2. The van der Waals surface area contributed by atoms with Crippen LogP contribution in [0.15, 0.2) is 23.2 Å². The highest BCUT2D eigenvalue weighted by molar-refractivity contribution is 5.80. The van der Waals surface area contributed by atoms with Crippen LogP contribution in [0.4, 0.5) is 8.78 Å². The third-order valence-electron chi connectivity index (χ3n) is 5.05. The van der Waals surface area contributed by atoms with E-state index >= 15 is 0 Å². The fourth-order valence-electron chi connectivity index (χ4n) is 3.30. The summed E-state index contributed by atoms with van der Waals surface area (Å²) in [4.78, 5) is 3.72. The van der Waals surface area contributed by atoms with Crippen LogP contribution in [-0.2, 0) is 9.47 Å². The highest BCUT2D eigenvalue weighted by Crippen LogP contribution is 2.35. The van der Waals surface area contributed by atoms with Gasteiger partial charge >= 0.3 is 6.61 Å². The van der Waals surface area contributed by atoms with E-state index in [0.717, 1.165) is 31.2 Å². The highest BCUT2D eigenvalue weighted by Gasteiger charge is 2.21. The van der Waals surface area contributed by atoms with E-state index in [1.807, 2.05) is 6.92 Å². The Morgan fingerprint density at radius 3 is 2.45 bits per heavy atom. The third kappa shape index (κ3) is 8.19. The van der Waals surface area contributed by atoms with Crippen molar-refractivity contribution < 1.29 is 27.7 Å². The molecule has 0 saturated heterocycles. The molecule has 0 aliphatic heterocycles. The van der Waals surface area contributed by atoms with Gasteiger partial charge in [-0.25, -0.2) is 0 Å². The van der Waals surface area contributed by atoms with Crippen LogP contribution in [0.25, 0.3) is 0 Å². The van der Waals surface area contributed by atoms with Crippen LogP contribution in [0.1, 0.15) is 44.1 Å². The monoisotopic (exact) mass is 440 g/mol. The van der Waals surface area contributed by atoms with Crippen LogP contribution in [0.2, 0.25) is 0 Å². The fraction of sp³-hybridized carbons (Fsp3) is 0.619. The number of nitrogens with one attached hydrogen (secondary N) is 2. The molecule has 2 N–H and O–H groups in total. The van der Waals surface area contributed by atoms with E-state index in [0.29, 0.717) is 18.8 Å². The first kappa shape index (κ1) is 24.6. The topological polar surface area (TPSA) is 97.1 Å². The molecule has 0 heterocycles. The molecule has 2 rings (SSSR count). The lowest BCUT2D eigenvalue weighted by Gasteiger charge is -2.21. The minimum Gasteiger partial charge on any atom is -0.487 e. The Hall–Kier alpha value is -2.64. The molecule has 1 fully saturated rings. The van der Waals surface area contributed by atoms with Crippen molar-refractivity contribution in [3.05, 3.63) is 23.8 Å². The van der Waals surface area contributed by atoms with Crippen LogP contribution >= 0.6 is 0 Å². The summed E-state index contributed by atoms with van der Waals surface area (Å²) in [7, 11) is 3.03. The van der Waals surface area contributed by atoms with Crippen molar-refractivity contribution in [2.24, 2.45) is 4.99 Å². The number of nitrogens with zero attached hydrogens (tertiary/aromatic N) is 2. The second kappa shape index (κ2) is 12.9. The Balaban J connectivity index is 2.04. The number of hydrogen-bond acceptors (Lipinski definition) is 6. The zero-order valence-electron chi connectivity index (χ0n) is 18.1. The van der Waals surface area contributed by atoms with Gasteiger partial charge in [-0.05, 0) is 49.3 Å². The van der Waals surface area contributed by atoms with E-state index in [4.69, 9.17) is 19.5 Å². The molecule has 1 aromatic carbocycles. The number of benzene rings is 1. The normalized spacial score (nSPS) is 15.7. The van der Waals surface area contributed by atoms with Gasteiger partial charge in [0.1, 0.15) is 0 Å². The molecule has 172 valence electrons. The Morgan fingerprint density at radius 2 is 1.84 bits per heavy atom. The average Bonchev–Trinajstić information content (AvgIpc) is 3.26. The maximum atomic E-state index is 12.8. The van der Waals surface area contributed by atoms with Gasteiger partial charge in [-0.2, -0.15) is 14.0 Å². The molecule has 10 heteroatoms. The maximum absolute atomic E-state index is 12.8. The fourth-order valence-corrected chi connectivity index (χ4v) is 3.30. The molecule has 1 aromatic rings. The highest BCUT2D eigenvalue weighted by atomic mass is 19.3. The van der Waals surface area contributed by atoms with Gasteiger partial charge < -0.3 is 29.6 Å². The Morgan fingerprint density at radius 1 is 1.16 bits per heavy atom. The smallest absolute Gasteiger partial charge is 0.387 e.